The molecule has 1 aromatic carbocycles. The lowest BCUT2D eigenvalue weighted by Crippen LogP contribution is -2.09. The molecule has 0 spiro atoms. The van der Waals surface area contributed by atoms with Crippen LogP contribution in [0.5, 0.6) is 0 Å². The molecular formula is C7H2BrF3NO2. The van der Waals surface area contributed by atoms with Gasteiger partial charge in [0.2, 0.25) is 0 Å². The Morgan fingerprint density at radius 1 is 1.50 bits per heavy atom. The van der Waals surface area contributed by atoms with Crippen molar-refractivity contribution in [2.45, 2.75) is 6.18 Å². The van der Waals surface area contributed by atoms with E-state index in [1.807, 2.05) is 0 Å². The number of halogens is 4. The van der Waals surface area contributed by atoms with Gasteiger partial charge in [-0.25, -0.2) is 0 Å². The Balaban J connectivity index is 3.44. The minimum absolute atomic E-state index is 0.308. The molecule has 0 aliphatic carbocycles. The van der Waals surface area contributed by atoms with Crippen molar-refractivity contribution in [1.82, 2.24) is 0 Å². The van der Waals surface area contributed by atoms with Crippen molar-refractivity contribution in [3.05, 3.63) is 38.3 Å². The molecular weight excluding hydrogens is 267 g/mol. The van der Waals surface area contributed by atoms with Gasteiger partial charge in [-0.3, -0.25) is 10.1 Å². The number of hydrogen-bond acceptors (Lipinski definition) is 2. The molecule has 14 heavy (non-hydrogen) atoms. The van der Waals surface area contributed by atoms with Crippen molar-refractivity contribution in [2.24, 2.45) is 0 Å². The Morgan fingerprint density at radius 3 is 2.43 bits per heavy atom. The number of nitrogens with zero attached hydrogens (tertiary/aromatic N) is 1. The van der Waals surface area contributed by atoms with Crippen LogP contribution in [0.15, 0.2) is 16.6 Å². The second kappa shape index (κ2) is 3.56. The van der Waals surface area contributed by atoms with E-state index in [0.29, 0.717) is 6.07 Å². The topological polar surface area (TPSA) is 43.1 Å². The second-order valence-corrected chi connectivity index (χ2v) is 3.10. The number of rotatable bonds is 1. The molecule has 1 radical (unpaired) electrons. The van der Waals surface area contributed by atoms with E-state index in [1.165, 1.54) is 0 Å². The Hall–Kier alpha value is -1.11. The first kappa shape index (κ1) is 11.0. The number of benzene rings is 1. The minimum Gasteiger partial charge on any atom is -0.258 e. The van der Waals surface area contributed by atoms with Crippen molar-refractivity contribution < 1.29 is 18.1 Å². The van der Waals surface area contributed by atoms with Crippen molar-refractivity contribution in [3.63, 3.8) is 0 Å². The first-order valence-electron chi connectivity index (χ1n) is 3.26. The van der Waals surface area contributed by atoms with Gasteiger partial charge >= 0.3 is 6.18 Å². The predicted octanol–water partition coefficient (Wildman–Crippen LogP) is 3.18. The van der Waals surface area contributed by atoms with Gasteiger partial charge in [-0.2, -0.15) is 13.2 Å². The number of nitro groups is 1. The zero-order valence-electron chi connectivity index (χ0n) is 6.43. The molecule has 0 N–H and O–H groups in total. The summed E-state index contributed by atoms with van der Waals surface area (Å²) >= 11 is 2.64. The fraction of sp³-hybridized carbons (Fsp3) is 0.143. The van der Waals surface area contributed by atoms with Gasteiger partial charge in [0, 0.05) is 6.07 Å². The maximum Gasteiger partial charge on any atom is 0.423 e. The summed E-state index contributed by atoms with van der Waals surface area (Å²) in [6.45, 7) is 0. The highest BCUT2D eigenvalue weighted by atomic mass is 79.9. The quantitative estimate of drug-likeness (QED) is 0.580. The SMILES string of the molecule is O=[N+]([O-])c1c(Br)[c]ccc1C(F)(F)F. The van der Waals surface area contributed by atoms with Gasteiger partial charge in [0.25, 0.3) is 5.69 Å². The highest BCUT2D eigenvalue weighted by Crippen LogP contribution is 2.39. The molecule has 3 nitrogen and oxygen atoms in total. The average molecular weight is 269 g/mol. The normalized spacial score (nSPS) is 11.4. The third kappa shape index (κ3) is 2.03. The van der Waals surface area contributed by atoms with Crippen LogP contribution >= 0.6 is 15.9 Å². The molecule has 0 aromatic heterocycles. The van der Waals surface area contributed by atoms with Gasteiger partial charge in [0.15, 0.2) is 0 Å². The molecule has 0 saturated heterocycles. The number of nitro benzene ring substituents is 1. The third-order valence-corrected chi connectivity index (χ3v) is 2.02. The number of alkyl halides is 3. The molecule has 1 rings (SSSR count). The summed E-state index contributed by atoms with van der Waals surface area (Å²) in [6, 6.07) is 3.85. The van der Waals surface area contributed by atoms with Crippen LogP contribution in [0.2, 0.25) is 0 Å². The lowest BCUT2D eigenvalue weighted by molar-refractivity contribution is -0.388. The fourth-order valence-corrected chi connectivity index (χ4v) is 1.36. The lowest BCUT2D eigenvalue weighted by atomic mass is 10.2. The molecule has 75 valence electrons. The van der Waals surface area contributed by atoms with Gasteiger partial charge in [-0.05, 0) is 22.0 Å². The van der Waals surface area contributed by atoms with Gasteiger partial charge < -0.3 is 0 Å². The third-order valence-electron chi connectivity index (χ3n) is 1.41. The van der Waals surface area contributed by atoms with Crippen molar-refractivity contribution in [1.29, 1.82) is 0 Å². The highest BCUT2D eigenvalue weighted by molar-refractivity contribution is 9.10. The summed E-state index contributed by atoms with van der Waals surface area (Å²) in [5.74, 6) is 0. The van der Waals surface area contributed by atoms with E-state index in [1.54, 1.807) is 0 Å². The molecule has 0 atom stereocenters. The van der Waals surface area contributed by atoms with E-state index in [2.05, 4.69) is 22.0 Å². The van der Waals surface area contributed by atoms with Crippen LogP contribution in [0.3, 0.4) is 0 Å². The summed E-state index contributed by atoms with van der Waals surface area (Å²) in [6.07, 6.45) is -4.74. The molecule has 0 amide bonds. The van der Waals surface area contributed by atoms with Gasteiger partial charge in [0.05, 0.1) is 4.92 Å². The first-order valence-corrected chi connectivity index (χ1v) is 4.05. The maximum absolute atomic E-state index is 12.2. The molecule has 0 saturated carbocycles. The molecule has 0 fully saturated rings. The Kier molecular flexibility index (Phi) is 2.79. The fourth-order valence-electron chi connectivity index (χ4n) is 0.871. The van der Waals surface area contributed by atoms with Crippen LogP contribution in [0.25, 0.3) is 0 Å². The Morgan fingerprint density at radius 2 is 2.07 bits per heavy atom. The van der Waals surface area contributed by atoms with Gasteiger partial charge in [-0.1, -0.05) is 6.07 Å². The second-order valence-electron chi connectivity index (χ2n) is 2.31. The highest BCUT2D eigenvalue weighted by Gasteiger charge is 2.39. The Bertz CT molecular complexity index is 378. The largest absolute Gasteiger partial charge is 0.423 e. The van der Waals surface area contributed by atoms with Crippen LogP contribution in [0.1, 0.15) is 5.56 Å². The zero-order chi connectivity index (χ0) is 10.9. The van der Waals surface area contributed by atoms with E-state index in [9.17, 15) is 23.3 Å². The standard InChI is InChI=1S/C7H2BrF3NO2/c8-5-3-1-2-4(7(9,10)11)6(5)12(13)14/h1-2H. The van der Waals surface area contributed by atoms with Crippen LogP contribution in [-0.2, 0) is 6.18 Å². The average Bonchev–Trinajstić information content (AvgIpc) is 2.01. The summed E-state index contributed by atoms with van der Waals surface area (Å²) in [7, 11) is 0. The van der Waals surface area contributed by atoms with E-state index in [-0.39, 0.29) is 4.47 Å². The van der Waals surface area contributed by atoms with Gasteiger partial charge in [-0.15, -0.1) is 0 Å². The monoisotopic (exact) mass is 268 g/mol. The van der Waals surface area contributed by atoms with Crippen LogP contribution in [0.4, 0.5) is 18.9 Å². The minimum atomic E-state index is -4.74. The van der Waals surface area contributed by atoms with E-state index in [4.69, 9.17) is 0 Å². The van der Waals surface area contributed by atoms with Crippen LogP contribution in [0, 0.1) is 16.2 Å². The lowest BCUT2D eigenvalue weighted by Gasteiger charge is -2.07. The molecule has 1 aromatic rings. The summed E-state index contributed by atoms with van der Waals surface area (Å²) in [5.41, 5.74) is -2.30. The summed E-state index contributed by atoms with van der Waals surface area (Å²) in [4.78, 5) is 9.25. The van der Waals surface area contributed by atoms with E-state index >= 15 is 0 Å². The molecule has 0 heterocycles. The van der Waals surface area contributed by atoms with E-state index in [0.717, 1.165) is 6.07 Å². The van der Waals surface area contributed by atoms with E-state index < -0.39 is 22.4 Å². The van der Waals surface area contributed by atoms with Crippen LogP contribution < -0.4 is 0 Å². The van der Waals surface area contributed by atoms with Crippen molar-refractivity contribution >= 4 is 21.6 Å². The molecule has 0 aliphatic heterocycles. The molecule has 0 unspecified atom stereocenters. The molecule has 0 bridgehead atoms. The Labute approximate surface area is 84.8 Å². The predicted molar refractivity (Wildman–Crippen MR) is 44.6 cm³/mol. The summed E-state index contributed by atoms with van der Waals surface area (Å²) < 4.78 is 36.4. The maximum atomic E-state index is 12.2. The molecule has 7 heteroatoms. The van der Waals surface area contributed by atoms with Crippen LogP contribution in [-0.4, -0.2) is 4.92 Å². The van der Waals surface area contributed by atoms with Crippen molar-refractivity contribution in [3.8, 4) is 0 Å². The molecule has 0 aliphatic rings. The first-order chi connectivity index (χ1) is 6.34. The smallest absolute Gasteiger partial charge is 0.258 e. The summed E-state index contributed by atoms with van der Waals surface area (Å²) in [5, 5.41) is 10.3. The zero-order valence-corrected chi connectivity index (χ0v) is 8.02. The van der Waals surface area contributed by atoms with Crippen molar-refractivity contribution in [2.75, 3.05) is 0 Å². The number of hydrogen-bond donors (Lipinski definition) is 0. The van der Waals surface area contributed by atoms with Gasteiger partial charge in [0.1, 0.15) is 10.0 Å².